The lowest BCUT2D eigenvalue weighted by molar-refractivity contribution is 0.104. The minimum atomic E-state index is 0.100. The van der Waals surface area contributed by atoms with Gasteiger partial charge >= 0.3 is 0 Å². The Morgan fingerprint density at radius 1 is 0.667 bits per heavy atom. The van der Waals surface area contributed by atoms with Crippen LogP contribution >= 0.6 is 0 Å². The Hall–Kier alpha value is -3.96. The van der Waals surface area contributed by atoms with E-state index in [2.05, 4.69) is 57.2 Å². The van der Waals surface area contributed by atoms with Crippen LogP contribution in [0.15, 0.2) is 72.8 Å². The molecule has 5 rings (SSSR count). The molecule has 0 unspecified atom stereocenters. The zero-order chi connectivity index (χ0) is 23.1. The molecule has 1 aliphatic rings. The Balaban J connectivity index is 1.96. The van der Waals surface area contributed by atoms with Crippen LogP contribution in [0.3, 0.4) is 0 Å². The van der Waals surface area contributed by atoms with E-state index in [1.54, 1.807) is 0 Å². The Morgan fingerprint density at radius 3 is 1.73 bits per heavy atom. The highest BCUT2D eigenvalue weighted by Gasteiger charge is 2.35. The summed E-state index contributed by atoms with van der Waals surface area (Å²) in [5.41, 5.74) is 12.3. The van der Waals surface area contributed by atoms with Crippen LogP contribution < -0.4 is 0 Å². The molecule has 4 aromatic carbocycles. The SMILES string of the molecule is CCc1c(CC)c(-c2ccc(C#N)cc2)c2c(c1-c1ccc(C)cc1)C(=O)c1ccccc1-2. The summed E-state index contributed by atoms with van der Waals surface area (Å²) in [4.78, 5) is 13.9. The summed E-state index contributed by atoms with van der Waals surface area (Å²) in [5, 5.41) is 9.29. The number of hydrogen-bond acceptors (Lipinski definition) is 2. The molecular formula is C31H25NO. The van der Waals surface area contributed by atoms with Crippen LogP contribution in [0.25, 0.3) is 33.4 Å². The molecule has 0 spiro atoms. The van der Waals surface area contributed by atoms with E-state index in [1.807, 2.05) is 42.5 Å². The highest BCUT2D eigenvalue weighted by molar-refractivity contribution is 6.27. The van der Waals surface area contributed by atoms with Crippen molar-refractivity contribution in [1.82, 2.24) is 0 Å². The van der Waals surface area contributed by atoms with Gasteiger partial charge in [-0.05, 0) is 70.8 Å². The maximum absolute atomic E-state index is 13.9. The lowest BCUT2D eigenvalue weighted by Crippen LogP contribution is -2.07. The quantitative estimate of drug-likeness (QED) is 0.297. The second-order valence-electron chi connectivity index (χ2n) is 8.59. The summed E-state index contributed by atoms with van der Waals surface area (Å²) in [5.74, 6) is 0.100. The Bertz CT molecular complexity index is 1430. The minimum Gasteiger partial charge on any atom is -0.289 e. The second kappa shape index (κ2) is 8.19. The first-order chi connectivity index (χ1) is 16.1. The highest BCUT2D eigenvalue weighted by Crippen LogP contribution is 2.50. The molecule has 160 valence electrons. The zero-order valence-corrected chi connectivity index (χ0v) is 19.2. The van der Waals surface area contributed by atoms with Gasteiger partial charge < -0.3 is 0 Å². The van der Waals surface area contributed by atoms with E-state index in [4.69, 9.17) is 0 Å². The van der Waals surface area contributed by atoms with Crippen molar-refractivity contribution in [3.05, 3.63) is 106 Å². The van der Waals surface area contributed by atoms with Crippen LogP contribution in [0.5, 0.6) is 0 Å². The van der Waals surface area contributed by atoms with Gasteiger partial charge in [-0.1, -0.05) is 80.1 Å². The van der Waals surface area contributed by atoms with Crippen molar-refractivity contribution in [3.8, 4) is 39.4 Å². The number of ketones is 1. The second-order valence-corrected chi connectivity index (χ2v) is 8.59. The van der Waals surface area contributed by atoms with Crippen molar-refractivity contribution in [2.75, 3.05) is 0 Å². The summed E-state index contributed by atoms with van der Waals surface area (Å²) in [6.07, 6.45) is 1.70. The molecule has 0 N–H and O–H groups in total. The van der Waals surface area contributed by atoms with Crippen molar-refractivity contribution in [3.63, 3.8) is 0 Å². The molecule has 0 aliphatic heterocycles. The third-order valence-electron chi connectivity index (χ3n) is 6.74. The van der Waals surface area contributed by atoms with Crippen molar-refractivity contribution in [1.29, 1.82) is 5.26 Å². The first-order valence-electron chi connectivity index (χ1n) is 11.5. The van der Waals surface area contributed by atoms with Crippen molar-refractivity contribution in [2.45, 2.75) is 33.6 Å². The van der Waals surface area contributed by atoms with E-state index in [9.17, 15) is 10.1 Å². The Morgan fingerprint density at radius 2 is 1.18 bits per heavy atom. The maximum Gasteiger partial charge on any atom is 0.194 e. The van der Waals surface area contributed by atoms with Gasteiger partial charge in [-0.3, -0.25) is 4.79 Å². The lowest BCUT2D eigenvalue weighted by atomic mass is 9.79. The number of nitriles is 1. The van der Waals surface area contributed by atoms with Crippen molar-refractivity contribution in [2.24, 2.45) is 0 Å². The number of carbonyl (C=O) groups is 1. The van der Waals surface area contributed by atoms with Gasteiger partial charge in [0.1, 0.15) is 0 Å². The smallest absolute Gasteiger partial charge is 0.194 e. The molecule has 0 fully saturated rings. The largest absolute Gasteiger partial charge is 0.289 e. The van der Waals surface area contributed by atoms with Gasteiger partial charge in [0.25, 0.3) is 0 Å². The molecular weight excluding hydrogens is 402 g/mol. The van der Waals surface area contributed by atoms with Crippen molar-refractivity contribution >= 4 is 5.78 Å². The van der Waals surface area contributed by atoms with E-state index in [1.165, 1.54) is 16.7 Å². The van der Waals surface area contributed by atoms with Crippen LogP contribution in [-0.2, 0) is 12.8 Å². The van der Waals surface area contributed by atoms with Gasteiger partial charge in [0.15, 0.2) is 5.78 Å². The molecule has 33 heavy (non-hydrogen) atoms. The highest BCUT2D eigenvalue weighted by atomic mass is 16.1. The topological polar surface area (TPSA) is 40.9 Å². The van der Waals surface area contributed by atoms with Crippen LogP contribution in [0.2, 0.25) is 0 Å². The fourth-order valence-electron chi connectivity index (χ4n) is 5.23. The number of hydrogen-bond donors (Lipinski definition) is 0. The van der Waals surface area contributed by atoms with Gasteiger partial charge in [0.2, 0.25) is 0 Å². The van der Waals surface area contributed by atoms with Gasteiger partial charge in [0.05, 0.1) is 11.6 Å². The molecule has 0 heterocycles. The Kier molecular flexibility index (Phi) is 5.19. The number of nitrogens with zero attached hydrogens (tertiary/aromatic N) is 1. The number of fused-ring (bicyclic) bond motifs is 3. The number of carbonyl (C=O) groups excluding carboxylic acids is 1. The number of aryl methyl sites for hydroxylation is 1. The third kappa shape index (κ3) is 3.20. The van der Waals surface area contributed by atoms with E-state index >= 15 is 0 Å². The van der Waals surface area contributed by atoms with Crippen LogP contribution in [0.4, 0.5) is 0 Å². The zero-order valence-electron chi connectivity index (χ0n) is 19.2. The maximum atomic E-state index is 13.9. The van der Waals surface area contributed by atoms with E-state index in [-0.39, 0.29) is 5.78 Å². The Labute approximate surface area is 195 Å². The summed E-state index contributed by atoms with van der Waals surface area (Å²) in [7, 11) is 0. The fraction of sp³-hybridized carbons (Fsp3) is 0.161. The molecule has 2 nitrogen and oxygen atoms in total. The average molecular weight is 428 g/mol. The molecule has 0 atom stereocenters. The van der Waals surface area contributed by atoms with E-state index < -0.39 is 0 Å². The molecule has 0 aromatic heterocycles. The summed E-state index contributed by atoms with van der Waals surface area (Å²) < 4.78 is 0. The lowest BCUT2D eigenvalue weighted by Gasteiger charge is -2.23. The molecule has 0 saturated heterocycles. The molecule has 2 heteroatoms. The predicted molar refractivity (Wildman–Crippen MR) is 134 cm³/mol. The fourth-order valence-corrected chi connectivity index (χ4v) is 5.23. The van der Waals surface area contributed by atoms with Gasteiger partial charge in [-0.15, -0.1) is 0 Å². The van der Waals surface area contributed by atoms with Gasteiger partial charge in [0, 0.05) is 16.7 Å². The van der Waals surface area contributed by atoms with Gasteiger partial charge in [-0.25, -0.2) is 0 Å². The van der Waals surface area contributed by atoms with E-state index in [0.29, 0.717) is 5.56 Å². The molecule has 4 aromatic rings. The van der Waals surface area contributed by atoms with Crippen LogP contribution in [0.1, 0.15) is 52.0 Å². The summed E-state index contributed by atoms with van der Waals surface area (Å²) in [6, 6.07) is 26.5. The average Bonchev–Trinajstić information content (AvgIpc) is 3.15. The summed E-state index contributed by atoms with van der Waals surface area (Å²) in [6.45, 7) is 6.45. The van der Waals surface area contributed by atoms with Gasteiger partial charge in [-0.2, -0.15) is 5.26 Å². The molecule has 0 radical (unpaired) electrons. The predicted octanol–water partition coefficient (Wildman–Crippen LogP) is 7.54. The van der Waals surface area contributed by atoms with Crippen molar-refractivity contribution < 1.29 is 4.79 Å². The number of rotatable bonds is 4. The first-order valence-corrected chi connectivity index (χ1v) is 11.5. The standard InChI is InChI=1S/C31H25NO/c1-4-23-24(5-2)28(21-14-10-19(3)11-15-21)30-29(25-8-6-7-9-26(25)31(30)33)27(23)22-16-12-20(18-32)13-17-22/h6-17H,4-5H2,1-3H3. The normalized spacial score (nSPS) is 11.8. The third-order valence-corrected chi connectivity index (χ3v) is 6.74. The minimum absolute atomic E-state index is 0.100. The number of benzene rings is 4. The van der Waals surface area contributed by atoms with E-state index in [0.717, 1.165) is 57.3 Å². The summed E-state index contributed by atoms with van der Waals surface area (Å²) >= 11 is 0. The molecule has 0 saturated carbocycles. The monoisotopic (exact) mass is 427 g/mol. The van der Waals surface area contributed by atoms with Crippen LogP contribution in [-0.4, -0.2) is 5.78 Å². The molecule has 0 bridgehead atoms. The van der Waals surface area contributed by atoms with Crippen LogP contribution in [0, 0.1) is 18.3 Å². The molecule has 1 aliphatic carbocycles. The molecule has 0 amide bonds. The first kappa shape index (κ1) is 20.9.